The van der Waals surface area contributed by atoms with E-state index >= 15 is 0 Å². The average molecular weight is 203 g/mol. The van der Waals surface area contributed by atoms with Gasteiger partial charge in [-0.3, -0.25) is 9.59 Å². The molecule has 0 aliphatic rings. The van der Waals surface area contributed by atoms with Crippen molar-refractivity contribution in [2.75, 3.05) is 7.11 Å². The Labute approximate surface area is 87.1 Å². The maximum Gasteiger partial charge on any atom is 0.331 e. The van der Waals surface area contributed by atoms with Gasteiger partial charge in [0, 0.05) is 5.56 Å². The van der Waals surface area contributed by atoms with E-state index in [2.05, 4.69) is 4.74 Å². The number of carbonyl (C=O) groups is 2. The molecule has 1 aromatic carbocycles. The summed E-state index contributed by atoms with van der Waals surface area (Å²) in [6, 6.07) is 9.81. The van der Waals surface area contributed by atoms with E-state index in [1.54, 1.807) is 36.4 Å². The molecule has 0 bridgehead atoms. The van der Waals surface area contributed by atoms with Gasteiger partial charge in [0.15, 0.2) is 5.78 Å². The molecule has 4 nitrogen and oxygen atoms in total. The van der Waals surface area contributed by atoms with Crippen molar-refractivity contribution < 1.29 is 14.3 Å². The third-order valence-electron chi connectivity index (χ3n) is 1.89. The number of hydrogen-bond donors (Lipinski definition) is 0. The monoisotopic (exact) mass is 203 g/mol. The van der Waals surface area contributed by atoms with Crippen molar-refractivity contribution in [2.24, 2.45) is 5.92 Å². The van der Waals surface area contributed by atoms with E-state index in [9.17, 15) is 9.59 Å². The first-order valence-electron chi connectivity index (χ1n) is 4.27. The smallest absolute Gasteiger partial charge is 0.331 e. The highest BCUT2D eigenvalue weighted by molar-refractivity contribution is 6.10. The highest BCUT2D eigenvalue weighted by Crippen LogP contribution is 2.09. The topological polar surface area (TPSA) is 67.2 Å². The van der Waals surface area contributed by atoms with Gasteiger partial charge < -0.3 is 4.74 Å². The number of carbonyl (C=O) groups excluding carboxylic acids is 2. The number of methoxy groups -OCH3 is 1. The Kier molecular flexibility index (Phi) is 3.58. The molecule has 0 fully saturated rings. The van der Waals surface area contributed by atoms with Crippen molar-refractivity contribution in [1.29, 1.82) is 5.26 Å². The molecule has 1 rings (SSSR count). The first-order valence-corrected chi connectivity index (χ1v) is 4.27. The molecule has 0 aromatic heterocycles. The largest absolute Gasteiger partial charge is 0.468 e. The second-order valence-electron chi connectivity index (χ2n) is 2.82. The molecule has 0 saturated heterocycles. The highest BCUT2D eigenvalue weighted by Gasteiger charge is 2.27. The van der Waals surface area contributed by atoms with Crippen molar-refractivity contribution in [1.82, 2.24) is 0 Å². The zero-order valence-electron chi connectivity index (χ0n) is 8.14. The average Bonchev–Trinajstić information content (AvgIpc) is 2.30. The van der Waals surface area contributed by atoms with Crippen molar-refractivity contribution in [3.63, 3.8) is 0 Å². The SMILES string of the molecule is COC(=O)C(C#N)C(=O)c1ccccc1. The minimum atomic E-state index is -1.38. The number of Topliss-reactive ketones (excluding diaryl/α,β-unsaturated/α-hetero) is 1. The molecule has 4 heteroatoms. The van der Waals surface area contributed by atoms with Crippen LogP contribution in [0, 0.1) is 17.2 Å². The summed E-state index contributed by atoms with van der Waals surface area (Å²) >= 11 is 0. The van der Waals surface area contributed by atoms with Crippen LogP contribution in [-0.2, 0) is 9.53 Å². The first kappa shape index (κ1) is 10.9. The first-order chi connectivity index (χ1) is 7.20. The number of nitriles is 1. The molecule has 0 amide bonds. The molecule has 1 atom stereocenters. The zero-order valence-corrected chi connectivity index (χ0v) is 8.14. The molecule has 0 heterocycles. The highest BCUT2D eigenvalue weighted by atomic mass is 16.5. The summed E-state index contributed by atoms with van der Waals surface area (Å²) in [6.07, 6.45) is 0. The number of esters is 1. The van der Waals surface area contributed by atoms with E-state index in [-0.39, 0.29) is 0 Å². The van der Waals surface area contributed by atoms with Gasteiger partial charge in [-0.1, -0.05) is 30.3 Å². The van der Waals surface area contributed by atoms with Gasteiger partial charge in [0.25, 0.3) is 0 Å². The van der Waals surface area contributed by atoms with Crippen molar-refractivity contribution >= 4 is 11.8 Å². The predicted octanol–water partition coefficient (Wildman–Crippen LogP) is 1.18. The lowest BCUT2D eigenvalue weighted by Gasteiger charge is -2.05. The lowest BCUT2D eigenvalue weighted by Crippen LogP contribution is -2.23. The van der Waals surface area contributed by atoms with E-state index in [4.69, 9.17) is 5.26 Å². The van der Waals surface area contributed by atoms with E-state index in [1.807, 2.05) is 0 Å². The van der Waals surface area contributed by atoms with Gasteiger partial charge in [0.2, 0.25) is 5.92 Å². The third-order valence-corrected chi connectivity index (χ3v) is 1.89. The lowest BCUT2D eigenvalue weighted by molar-refractivity contribution is -0.141. The number of ketones is 1. The molecular weight excluding hydrogens is 194 g/mol. The third kappa shape index (κ3) is 2.41. The summed E-state index contributed by atoms with van der Waals surface area (Å²) in [7, 11) is 1.14. The Bertz CT molecular complexity index is 406. The molecule has 15 heavy (non-hydrogen) atoms. The molecule has 0 aliphatic heterocycles. The quantitative estimate of drug-likeness (QED) is 0.420. The molecule has 0 radical (unpaired) electrons. The molecule has 0 spiro atoms. The summed E-state index contributed by atoms with van der Waals surface area (Å²) in [5, 5.41) is 8.69. The van der Waals surface area contributed by atoms with Crippen LogP contribution in [-0.4, -0.2) is 18.9 Å². The van der Waals surface area contributed by atoms with Gasteiger partial charge in [-0.25, -0.2) is 0 Å². The second kappa shape index (κ2) is 4.91. The fourth-order valence-corrected chi connectivity index (χ4v) is 1.11. The Morgan fingerprint density at radius 3 is 2.40 bits per heavy atom. The molecule has 0 saturated carbocycles. The Balaban J connectivity index is 2.94. The van der Waals surface area contributed by atoms with Crippen LogP contribution in [0.4, 0.5) is 0 Å². The predicted molar refractivity (Wildman–Crippen MR) is 51.9 cm³/mol. The number of benzene rings is 1. The number of rotatable bonds is 3. The van der Waals surface area contributed by atoms with Crippen LogP contribution in [0.3, 0.4) is 0 Å². The standard InChI is InChI=1S/C11H9NO3/c1-15-11(14)9(7-12)10(13)8-5-3-2-4-6-8/h2-6,9H,1H3. The minimum absolute atomic E-state index is 0.328. The maximum atomic E-state index is 11.7. The molecular formula is C11H9NO3. The Morgan fingerprint density at radius 2 is 1.93 bits per heavy atom. The van der Waals surface area contributed by atoms with Crippen LogP contribution in [0.2, 0.25) is 0 Å². The number of ether oxygens (including phenoxy) is 1. The van der Waals surface area contributed by atoms with E-state index in [0.29, 0.717) is 5.56 Å². The van der Waals surface area contributed by atoms with Gasteiger partial charge in [0.1, 0.15) is 0 Å². The molecule has 1 aromatic rings. The molecule has 0 aliphatic carbocycles. The van der Waals surface area contributed by atoms with E-state index in [1.165, 1.54) is 0 Å². The Morgan fingerprint density at radius 1 is 1.33 bits per heavy atom. The van der Waals surface area contributed by atoms with Crippen molar-refractivity contribution in [3.05, 3.63) is 35.9 Å². The van der Waals surface area contributed by atoms with Crippen LogP contribution < -0.4 is 0 Å². The Hall–Kier alpha value is -2.15. The maximum absolute atomic E-state index is 11.7. The fourth-order valence-electron chi connectivity index (χ4n) is 1.11. The summed E-state index contributed by atoms with van der Waals surface area (Å²) in [5.41, 5.74) is 0.328. The fraction of sp³-hybridized carbons (Fsp3) is 0.182. The molecule has 0 N–H and O–H groups in total. The summed E-state index contributed by atoms with van der Waals surface area (Å²) < 4.78 is 4.36. The normalized spacial score (nSPS) is 11.2. The van der Waals surface area contributed by atoms with Gasteiger partial charge in [-0.05, 0) is 0 Å². The minimum Gasteiger partial charge on any atom is -0.468 e. The number of hydrogen-bond acceptors (Lipinski definition) is 4. The van der Waals surface area contributed by atoms with Gasteiger partial charge in [-0.15, -0.1) is 0 Å². The second-order valence-corrected chi connectivity index (χ2v) is 2.82. The van der Waals surface area contributed by atoms with Crippen LogP contribution in [0.5, 0.6) is 0 Å². The van der Waals surface area contributed by atoms with Crippen LogP contribution in [0.15, 0.2) is 30.3 Å². The lowest BCUT2D eigenvalue weighted by atomic mass is 9.99. The zero-order chi connectivity index (χ0) is 11.3. The van der Waals surface area contributed by atoms with Gasteiger partial charge in [0.05, 0.1) is 13.2 Å². The number of nitrogens with zero attached hydrogens (tertiary/aromatic N) is 1. The molecule has 1 unspecified atom stereocenters. The van der Waals surface area contributed by atoms with Crippen molar-refractivity contribution in [2.45, 2.75) is 0 Å². The summed E-state index contributed by atoms with van der Waals surface area (Å²) in [4.78, 5) is 22.7. The van der Waals surface area contributed by atoms with Crippen LogP contribution in [0.1, 0.15) is 10.4 Å². The van der Waals surface area contributed by atoms with Crippen molar-refractivity contribution in [3.8, 4) is 6.07 Å². The van der Waals surface area contributed by atoms with Gasteiger partial charge in [-0.2, -0.15) is 5.26 Å². The summed E-state index contributed by atoms with van der Waals surface area (Å²) in [5.74, 6) is -2.74. The summed E-state index contributed by atoms with van der Waals surface area (Å²) in [6.45, 7) is 0. The van der Waals surface area contributed by atoms with E-state index < -0.39 is 17.7 Å². The van der Waals surface area contributed by atoms with Crippen LogP contribution in [0.25, 0.3) is 0 Å². The molecule has 76 valence electrons. The van der Waals surface area contributed by atoms with E-state index in [0.717, 1.165) is 7.11 Å². The van der Waals surface area contributed by atoms with Crippen LogP contribution >= 0.6 is 0 Å². The van der Waals surface area contributed by atoms with Gasteiger partial charge >= 0.3 is 5.97 Å².